The number of nitrogens with one attached hydrogen (secondary N) is 2. The van der Waals surface area contributed by atoms with Crippen LogP contribution >= 0.6 is 0 Å². The van der Waals surface area contributed by atoms with Crippen LogP contribution in [-0.4, -0.2) is 11.8 Å². The van der Waals surface area contributed by atoms with Crippen molar-refractivity contribution in [1.82, 2.24) is 5.48 Å². The van der Waals surface area contributed by atoms with Crippen LogP contribution in [0.2, 0.25) is 0 Å². The standard InChI is InChI=1S/C16H16N2O3/c1-12-7-9-14(10-8-12)17-15(19)16(20)18-21-11-13-5-3-2-4-6-13/h2-10H,11H2,1H3,(H,17,19)(H,18,20). The molecule has 0 spiro atoms. The SMILES string of the molecule is Cc1ccc(NC(=O)C(=O)NOCc2ccccc2)cc1. The van der Waals surface area contributed by atoms with E-state index < -0.39 is 11.8 Å². The smallest absolute Gasteiger partial charge is 0.318 e. The van der Waals surface area contributed by atoms with Crippen molar-refractivity contribution in [1.29, 1.82) is 0 Å². The summed E-state index contributed by atoms with van der Waals surface area (Å²) in [5, 5.41) is 2.49. The molecule has 108 valence electrons. The molecule has 0 heterocycles. The van der Waals surface area contributed by atoms with Gasteiger partial charge in [-0.25, -0.2) is 5.48 Å². The van der Waals surface area contributed by atoms with Crippen molar-refractivity contribution in [2.24, 2.45) is 0 Å². The molecule has 2 aromatic rings. The normalized spacial score (nSPS) is 9.95. The Balaban J connectivity index is 1.77. The first-order chi connectivity index (χ1) is 10.1. The summed E-state index contributed by atoms with van der Waals surface area (Å²) in [6, 6.07) is 16.5. The van der Waals surface area contributed by atoms with E-state index in [1.54, 1.807) is 12.1 Å². The molecule has 0 fully saturated rings. The largest absolute Gasteiger partial charge is 0.333 e. The lowest BCUT2D eigenvalue weighted by atomic mass is 10.2. The number of hydrogen-bond donors (Lipinski definition) is 2. The third kappa shape index (κ3) is 4.74. The third-order valence-electron chi connectivity index (χ3n) is 2.76. The Bertz CT molecular complexity index is 609. The average molecular weight is 284 g/mol. The quantitative estimate of drug-likeness (QED) is 0.668. The van der Waals surface area contributed by atoms with Crippen LogP contribution in [0.3, 0.4) is 0 Å². The van der Waals surface area contributed by atoms with Crippen LogP contribution in [-0.2, 0) is 21.0 Å². The number of rotatable bonds is 4. The van der Waals surface area contributed by atoms with Gasteiger partial charge in [0.2, 0.25) is 0 Å². The highest BCUT2D eigenvalue weighted by atomic mass is 16.7. The zero-order chi connectivity index (χ0) is 15.1. The van der Waals surface area contributed by atoms with Gasteiger partial charge in [-0.1, -0.05) is 48.0 Å². The van der Waals surface area contributed by atoms with Crippen molar-refractivity contribution in [3.63, 3.8) is 0 Å². The highest BCUT2D eigenvalue weighted by molar-refractivity contribution is 6.39. The van der Waals surface area contributed by atoms with Gasteiger partial charge in [0.25, 0.3) is 0 Å². The van der Waals surface area contributed by atoms with Crippen LogP contribution in [0.15, 0.2) is 54.6 Å². The van der Waals surface area contributed by atoms with Crippen LogP contribution in [0.5, 0.6) is 0 Å². The minimum Gasteiger partial charge on any atom is -0.318 e. The number of anilines is 1. The fourth-order valence-electron chi connectivity index (χ4n) is 1.63. The van der Waals surface area contributed by atoms with Crippen LogP contribution in [0.25, 0.3) is 0 Å². The summed E-state index contributed by atoms with van der Waals surface area (Å²) in [5.41, 5.74) is 4.64. The molecule has 5 nitrogen and oxygen atoms in total. The van der Waals surface area contributed by atoms with Gasteiger partial charge in [-0.3, -0.25) is 14.4 Å². The molecule has 2 aromatic carbocycles. The zero-order valence-electron chi connectivity index (χ0n) is 11.6. The van der Waals surface area contributed by atoms with Gasteiger partial charge in [-0.05, 0) is 24.6 Å². The number of carbonyl (C=O) groups excluding carboxylic acids is 2. The van der Waals surface area contributed by atoms with Crippen LogP contribution in [0.4, 0.5) is 5.69 Å². The Morgan fingerprint density at radius 1 is 0.952 bits per heavy atom. The summed E-state index contributed by atoms with van der Waals surface area (Å²) in [4.78, 5) is 28.2. The first-order valence-electron chi connectivity index (χ1n) is 6.49. The van der Waals surface area contributed by atoms with Crippen molar-refractivity contribution in [2.75, 3.05) is 5.32 Å². The fourth-order valence-corrected chi connectivity index (χ4v) is 1.63. The second-order valence-corrected chi connectivity index (χ2v) is 4.53. The Kier molecular flexibility index (Phi) is 5.06. The molecule has 2 rings (SSSR count). The number of hydroxylamine groups is 1. The predicted octanol–water partition coefficient (Wildman–Crippen LogP) is 2.18. The minimum absolute atomic E-state index is 0.199. The van der Waals surface area contributed by atoms with Gasteiger partial charge in [0, 0.05) is 5.69 Å². The summed E-state index contributed by atoms with van der Waals surface area (Å²) in [6.07, 6.45) is 0. The average Bonchev–Trinajstić information content (AvgIpc) is 2.50. The van der Waals surface area contributed by atoms with Gasteiger partial charge in [0.15, 0.2) is 0 Å². The Morgan fingerprint density at radius 2 is 1.62 bits per heavy atom. The summed E-state index contributed by atoms with van der Waals surface area (Å²) in [7, 11) is 0. The summed E-state index contributed by atoms with van der Waals surface area (Å²) < 4.78 is 0. The Morgan fingerprint density at radius 3 is 2.29 bits per heavy atom. The maximum Gasteiger partial charge on any atom is 0.333 e. The van der Waals surface area contributed by atoms with E-state index in [0.29, 0.717) is 5.69 Å². The van der Waals surface area contributed by atoms with Crippen molar-refractivity contribution >= 4 is 17.5 Å². The monoisotopic (exact) mass is 284 g/mol. The summed E-state index contributed by atoms with van der Waals surface area (Å²) in [5.74, 6) is -1.61. The number of aryl methyl sites for hydroxylation is 1. The van der Waals surface area contributed by atoms with E-state index in [0.717, 1.165) is 11.1 Å². The molecule has 0 unspecified atom stereocenters. The van der Waals surface area contributed by atoms with Crippen molar-refractivity contribution in [3.05, 3.63) is 65.7 Å². The zero-order valence-corrected chi connectivity index (χ0v) is 11.6. The Hall–Kier alpha value is -2.66. The van der Waals surface area contributed by atoms with E-state index in [1.807, 2.05) is 49.4 Å². The first kappa shape index (κ1) is 14.7. The summed E-state index contributed by atoms with van der Waals surface area (Å²) >= 11 is 0. The lowest BCUT2D eigenvalue weighted by Gasteiger charge is -2.07. The first-order valence-corrected chi connectivity index (χ1v) is 6.49. The maximum atomic E-state index is 11.6. The van der Waals surface area contributed by atoms with E-state index in [1.165, 1.54) is 0 Å². The van der Waals surface area contributed by atoms with Crippen LogP contribution < -0.4 is 10.8 Å². The Labute approximate surface area is 122 Å². The number of carbonyl (C=O) groups is 2. The molecule has 0 saturated carbocycles. The van der Waals surface area contributed by atoms with E-state index in [-0.39, 0.29) is 6.61 Å². The molecule has 2 amide bonds. The molecule has 0 saturated heterocycles. The molecule has 0 atom stereocenters. The fraction of sp³-hybridized carbons (Fsp3) is 0.125. The summed E-state index contributed by atoms with van der Waals surface area (Å²) in [6.45, 7) is 2.14. The molecular formula is C16H16N2O3. The molecular weight excluding hydrogens is 268 g/mol. The molecule has 0 radical (unpaired) electrons. The number of hydrogen-bond acceptors (Lipinski definition) is 3. The molecule has 0 bridgehead atoms. The van der Waals surface area contributed by atoms with Gasteiger partial charge in [-0.15, -0.1) is 0 Å². The van der Waals surface area contributed by atoms with Crippen LogP contribution in [0, 0.1) is 6.92 Å². The molecule has 21 heavy (non-hydrogen) atoms. The highest BCUT2D eigenvalue weighted by Crippen LogP contribution is 2.08. The van der Waals surface area contributed by atoms with E-state index in [2.05, 4.69) is 10.8 Å². The van der Waals surface area contributed by atoms with E-state index in [4.69, 9.17) is 4.84 Å². The lowest BCUT2D eigenvalue weighted by molar-refractivity contribution is -0.145. The predicted molar refractivity (Wildman–Crippen MR) is 79.2 cm³/mol. The van der Waals surface area contributed by atoms with Crippen molar-refractivity contribution in [2.45, 2.75) is 13.5 Å². The second-order valence-electron chi connectivity index (χ2n) is 4.53. The minimum atomic E-state index is -0.841. The van der Waals surface area contributed by atoms with Crippen molar-refractivity contribution < 1.29 is 14.4 Å². The van der Waals surface area contributed by atoms with Gasteiger partial charge in [0.1, 0.15) is 0 Å². The lowest BCUT2D eigenvalue weighted by Crippen LogP contribution is -2.35. The highest BCUT2D eigenvalue weighted by Gasteiger charge is 2.13. The van der Waals surface area contributed by atoms with E-state index >= 15 is 0 Å². The van der Waals surface area contributed by atoms with Crippen molar-refractivity contribution in [3.8, 4) is 0 Å². The van der Waals surface area contributed by atoms with Gasteiger partial charge >= 0.3 is 11.8 Å². The molecule has 0 aliphatic rings. The molecule has 2 N–H and O–H groups in total. The molecule has 5 heteroatoms. The molecule has 0 aromatic heterocycles. The van der Waals surface area contributed by atoms with Gasteiger partial charge in [-0.2, -0.15) is 0 Å². The molecule has 0 aliphatic carbocycles. The second kappa shape index (κ2) is 7.21. The maximum absolute atomic E-state index is 11.6. The number of amides is 2. The third-order valence-corrected chi connectivity index (χ3v) is 2.76. The molecule has 0 aliphatic heterocycles. The van der Waals surface area contributed by atoms with Crippen LogP contribution in [0.1, 0.15) is 11.1 Å². The number of benzene rings is 2. The van der Waals surface area contributed by atoms with E-state index in [9.17, 15) is 9.59 Å². The van der Waals surface area contributed by atoms with Gasteiger partial charge < -0.3 is 5.32 Å². The topological polar surface area (TPSA) is 67.4 Å². The van der Waals surface area contributed by atoms with Gasteiger partial charge in [0.05, 0.1) is 6.61 Å².